The van der Waals surface area contributed by atoms with Crippen molar-refractivity contribution in [1.82, 2.24) is 30.3 Å². The summed E-state index contributed by atoms with van der Waals surface area (Å²) in [5.74, 6) is 2.71. The SMILES string of the molecule is CCNC(=NCC(c1ccco1)N(C)C)NCCn1cnnc1CC.I. The highest BCUT2D eigenvalue weighted by atomic mass is 127. The van der Waals surface area contributed by atoms with Gasteiger partial charge in [-0.1, -0.05) is 6.92 Å². The maximum atomic E-state index is 5.54. The largest absolute Gasteiger partial charge is 0.468 e. The third-order valence-corrected chi connectivity index (χ3v) is 3.92. The third-order valence-electron chi connectivity index (χ3n) is 3.92. The highest BCUT2D eigenvalue weighted by Crippen LogP contribution is 2.18. The quantitative estimate of drug-likeness (QED) is 0.328. The summed E-state index contributed by atoms with van der Waals surface area (Å²) in [7, 11) is 4.06. The molecular formula is C17H30IN7O. The van der Waals surface area contributed by atoms with Gasteiger partial charge in [-0.15, -0.1) is 34.2 Å². The third kappa shape index (κ3) is 6.60. The van der Waals surface area contributed by atoms with E-state index in [9.17, 15) is 0 Å². The molecule has 9 heteroatoms. The summed E-state index contributed by atoms with van der Waals surface area (Å²) in [5, 5.41) is 14.7. The lowest BCUT2D eigenvalue weighted by atomic mass is 10.2. The Hall–Kier alpha value is -1.62. The molecule has 0 aromatic carbocycles. The summed E-state index contributed by atoms with van der Waals surface area (Å²) in [5.41, 5.74) is 0. The van der Waals surface area contributed by atoms with Gasteiger partial charge in [0.05, 0.1) is 18.8 Å². The molecule has 2 aromatic rings. The van der Waals surface area contributed by atoms with Gasteiger partial charge in [-0.25, -0.2) is 0 Å². The number of aliphatic imine (C=N–C) groups is 1. The molecule has 0 fully saturated rings. The van der Waals surface area contributed by atoms with Crippen molar-refractivity contribution in [3.05, 3.63) is 36.3 Å². The first-order valence-electron chi connectivity index (χ1n) is 8.74. The van der Waals surface area contributed by atoms with Gasteiger partial charge >= 0.3 is 0 Å². The first kappa shape index (κ1) is 22.4. The monoisotopic (exact) mass is 475 g/mol. The zero-order valence-electron chi connectivity index (χ0n) is 16.0. The van der Waals surface area contributed by atoms with Crippen molar-refractivity contribution in [2.24, 2.45) is 4.99 Å². The number of guanidine groups is 1. The van der Waals surface area contributed by atoms with Crippen molar-refractivity contribution in [2.45, 2.75) is 32.9 Å². The molecule has 146 valence electrons. The second-order valence-electron chi connectivity index (χ2n) is 5.94. The number of aromatic nitrogens is 3. The Balaban J connectivity index is 0.00000338. The van der Waals surface area contributed by atoms with E-state index in [1.165, 1.54) is 0 Å². The van der Waals surface area contributed by atoms with E-state index in [4.69, 9.17) is 9.41 Å². The van der Waals surface area contributed by atoms with Crippen LogP contribution in [0, 0.1) is 0 Å². The van der Waals surface area contributed by atoms with Crippen LogP contribution in [0.2, 0.25) is 0 Å². The minimum Gasteiger partial charge on any atom is -0.468 e. The number of likely N-dealkylation sites (N-methyl/N-ethyl adjacent to an activating group) is 1. The Morgan fingerprint density at radius 2 is 2.15 bits per heavy atom. The fourth-order valence-electron chi connectivity index (χ4n) is 2.54. The molecule has 0 radical (unpaired) electrons. The van der Waals surface area contributed by atoms with E-state index in [1.54, 1.807) is 12.6 Å². The fraction of sp³-hybridized carbons (Fsp3) is 0.588. The molecule has 0 aliphatic heterocycles. The highest BCUT2D eigenvalue weighted by Gasteiger charge is 2.16. The Morgan fingerprint density at radius 3 is 2.77 bits per heavy atom. The van der Waals surface area contributed by atoms with Gasteiger partial charge in [0, 0.05) is 26.1 Å². The van der Waals surface area contributed by atoms with Crippen LogP contribution in [0.1, 0.15) is 31.5 Å². The van der Waals surface area contributed by atoms with Gasteiger partial charge in [-0.05, 0) is 33.2 Å². The Labute approximate surface area is 172 Å². The summed E-state index contributed by atoms with van der Waals surface area (Å²) in [6, 6.07) is 4.00. The van der Waals surface area contributed by atoms with Crippen LogP contribution >= 0.6 is 24.0 Å². The minimum absolute atomic E-state index is 0. The molecule has 2 N–H and O–H groups in total. The maximum Gasteiger partial charge on any atom is 0.191 e. The summed E-state index contributed by atoms with van der Waals surface area (Å²) in [6.45, 7) is 7.12. The number of furan rings is 1. The van der Waals surface area contributed by atoms with E-state index < -0.39 is 0 Å². The van der Waals surface area contributed by atoms with Crippen LogP contribution in [0.4, 0.5) is 0 Å². The number of rotatable bonds is 9. The predicted octanol–water partition coefficient (Wildman–Crippen LogP) is 1.91. The van der Waals surface area contributed by atoms with Crippen molar-refractivity contribution in [3.63, 3.8) is 0 Å². The lowest BCUT2D eigenvalue weighted by Gasteiger charge is -2.21. The van der Waals surface area contributed by atoms with Crippen LogP contribution in [0.3, 0.4) is 0 Å². The summed E-state index contributed by atoms with van der Waals surface area (Å²) in [6.07, 6.45) is 4.34. The lowest BCUT2D eigenvalue weighted by Crippen LogP contribution is -2.39. The van der Waals surface area contributed by atoms with Gasteiger partial charge in [-0.3, -0.25) is 9.89 Å². The molecule has 2 aromatic heterocycles. The molecule has 0 aliphatic carbocycles. The van der Waals surface area contributed by atoms with Gasteiger partial charge in [0.15, 0.2) is 5.96 Å². The predicted molar refractivity (Wildman–Crippen MR) is 114 cm³/mol. The summed E-state index contributed by atoms with van der Waals surface area (Å²) < 4.78 is 7.59. The second-order valence-corrected chi connectivity index (χ2v) is 5.94. The molecule has 26 heavy (non-hydrogen) atoms. The van der Waals surface area contributed by atoms with Crippen LogP contribution in [0.15, 0.2) is 34.1 Å². The average molecular weight is 475 g/mol. The van der Waals surface area contributed by atoms with Crippen molar-refractivity contribution in [1.29, 1.82) is 0 Å². The summed E-state index contributed by atoms with van der Waals surface area (Å²) in [4.78, 5) is 6.81. The van der Waals surface area contributed by atoms with Crippen molar-refractivity contribution >= 4 is 29.9 Å². The van der Waals surface area contributed by atoms with E-state index in [0.29, 0.717) is 6.54 Å². The van der Waals surface area contributed by atoms with E-state index in [1.807, 2.05) is 26.2 Å². The van der Waals surface area contributed by atoms with Crippen molar-refractivity contribution < 1.29 is 4.42 Å². The number of halogens is 1. The molecule has 8 nitrogen and oxygen atoms in total. The molecular weight excluding hydrogens is 445 g/mol. The Bertz CT molecular complexity index is 639. The topological polar surface area (TPSA) is 83.5 Å². The standard InChI is InChI=1S/C17H29N7O.HI/c1-5-16-22-21-13-24(16)10-9-19-17(18-6-2)20-12-14(23(3)4)15-8-7-11-25-15;/h7-8,11,13-14H,5-6,9-10,12H2,1-4H3,(H2,18,19,20);1H. The minimum atomic E-state index is 0. The molecule has 0 aliphatic rings. The molecule has 0 saturated carbocycles. The fourth-order valence-corrected chi connectivity index (χ4v) is 2.54. The lowest BCUT2D eigenvalue weighted by molar-refractivity contribution is 0.265. The average Bonchev–Trinajstić information content (AvgIpc) is 3.26. The first-order chi connectivity index (χ1) is 12.2. The van der Waals surface area contributed by atoms with Gasteiger partial charge in [-0.2, -0.15) is 0 Å². The van der Waals surface area contributed by atoms with Crippen molar-refractivity contribution in [2.75, 3.05) is 33.7 Å². The molecule has 0 spiro atoms. The molecule has 1 atom stereocenters. The maximum absolute atomic E-state index is 5.54. The second kappa shape index (κ2) is 11.9. The van der Waals surface area contributed by atoms with E-state index in [2.05, 4.69) is 44.1 Å². The molecule has 2 rings (SSSR count). The Kier molecular flexibility index (Phi) is 10.3. The molecule has 2 heterocycles. The Morgan fingerprint density at radius 1 is 1.35 bits per heavy atom. The number of nitrogens with zero attached hydrogens (tertiary/aromatic N) is 5. The van der Waals surface area contributed by atoms with Gasteiger partial charge < -0.3 is 19.6 Å². The van der Waals surface area contributed by atoms with Crippen LogP contribution in [0.25, 0.3) is 0 Å². The number of hydrogen-bond acceptors (Lipinski definition) is 5. The number of hydrogen-bond donors (Lipinski definition) is 2. The van der Waals surface area contributed by atoms with E-state index >= 15 is 0 Å². The smallest absolute Gasteiger partial charge is 0.191 e. The molecule has 0 bridgehead atoms. The van der Waals surface area contributed by atoms with Crippen LogP contribution < -0.4 is 10.6 Å². The van der Waals surface area contributed by atoms with Crippen molar-refractivity contribution in [3.8, 4) is 0 Å². The van der Waals surface area contributed by atoms with Gasteiger partial charge in [0.25, 0.3) is 0 Å². The van der Waals surface area contributed by atoms with Gasteiger partial charge in [0.2, 0.25) is 0 Å². The zero-order valence-corrected chi connectivity index (χ0v) is 18.3. The van der Waals surface area contributed by atoms with E-state index in [-0.39, 0.29) is 30.0 Å². The van der Waals surface area contributed by atoms with Crippen LogP contribution in [-0.4, -0.2) is 59.4 Å². The highest BCUT2D eigenvalue weighted by molar-refractivity contribution is 14.0. The summed E-state index contributed by atoms with van der Waals surface area (Å²) >= 11 is 0. The number of nitrogens with one attached hydrogen (secondary N) is 2. The number of aryl methyl sites for hydroxylation is 1. The normalized spacial score (nSPS) is 12.7. The zero-order chi connectivity index (χ0) is 18.1. The van der Waals surface area contributed by atoms with E-state index in [0.717, 1.165) is 43.6 Å². The van der Waals surface area contributed by atoms with Crippen LogP contribution in [0.5, 0.6) is 0 Å². The molecule has 0 saturated heterocycles. The first-order valence-corrected chi connectivity index (χ1v) is 8.74. The van der Waals surface area contributed by atoms with Crippen LogP contribution in [-0.2, 0) is 13.0 Å². The van der Waals surface area contributed by atoms with Gasteiger partial charge in [0.1, 0.15) is 17.9 Å². The molecule has 1 unspecified atom stereocenters. The molecule has 0 amide bonds.